The van der Waals surface area contributed by atoms with E-state index in [1.165, 1.54) is 17.1 Å². The maximum atomic E-state index is 12.0. The summed E-state index contributed by atoms with van der Waals surface area (Å²) in [4.78, 5) is 13.7. The highest BCUT2D eigenvalue weighted by Crippen LogP contribution is 2.31. The molecule has 0 bridgehead atoms. The van der Waals surface area contributed by atoms with E-state index < -0.39 is 9.84 Å². The summed E-state index contributed by atoms with van der Waals surface area (Å²) >= 11 is 6.13. The molecular weight excluding hydrogens is 326 g/mol. The Bertz CT molecular complexity index is 749. The van der Waals surface area contributed by atoms with Crippen LogP contribution in [0.4, 0.5) is 0 Å². The molecule has 1 saturated heterocycles. The van der Waals surface area contributed by atoms with Gasteiger partial charge in [-0.25, -0.2) is 8.42 Å². The Morgan fingerprint density at radius 3 is 2.38 bits per heavy atom. The molecule has 1 fully saturated rings. The molecule has 1 amide bonds. The lowest BCUT2D eigenvalue weighted by atomic mass is 10.2. The summed E-state index contributed by atoms with van der Waals surface area (Å²) in [7, 11) is -1.88. The van der Waals surface area contributed by atoms with E-state index in [4.69, 9.17) is 12.2 Å². The first-order chi connectivity index (χ1) is 9.79. The van der Waals surface area contributed by atoms with Gasteiger partial charge in [0.1, 0.15) is 4.32 Å². The predicted molar refractivity (Wildman–Crippen MR) is 90.3 cm³/mol. The average Bonchev–Trinajstić information content (AvgIpc) is 2.66. The van der Waals surface area contributed by atoms with Crippen LogP contribution in [0.25, 0.3) is 6.08 Å². The molecular formula is C14H13NO3S3. The fourth-order valence-corrected chi connectivity index (χ4v) is 3.57. The van der Waals surface area contributed by atoms with Crippen molar-refractivity contribution in [2.45, 2.75) is 0 Å². The van der Waals surface area contributed by atoms with Crippen LogP contribution in [0.3, 0.4) is 0 Å². The number of likely N-dealkylation sites (N-methyl/N-ethyl adjacent to an activating group) is 1. The molecule has 1 heterocycles. The molecule has 0 unspecified atom stereocenters. The van der Waals surface area contributed by atoms with Gasteiger partial charge in [0, 0.05) is 13.3 Å². The van der Waals surface area contributed by atoms with Gasteiger partial charge in [0.25, 0.3) is 5.91 Å². The molecule has 0 atom stereocenters. The first-order valence-corrected chi connectivity index (χ1v) is 9.09. The third-order valence-corrected chi connectivity index (χ3v) is 5.37. The highest BCUT2D eigenvalue weighted by atomic mass is 32.2. The van der Waals surface area contributed by atoms with E-state index in [0.717, 1.165) is 23.6 Å². The Morgan fingerprint density at radius 2 is 1.90 bits per heavy atom. The molecule has 0 radical (unpaired) electrons. The second-order valence-electron chi connectivity index (χ2n) is 4.47. The van der Waals surface area contributed by atoms with E-state index in [2.05, 4.69) is 0 Å². The third-order valence-electron chi connectivity index (χ3n) is 2.80. The van der Waals surface area contributed by atoms with Crippen LogP contribution in [-0.4, -0.2) is 36.8 Å². The maximum absolute atomic E-state index is 12.0. The van der Waals surface area contributed by atoms with Gasteiger partial charge >= 0.3 is 0 Å². The fourth-order valence-electron chi connectivity index (χ4n) is 1.64. The number of benzene rings is 1. The van der Waals surface area contributed by atoms with Gasteiger partial charge in [-0.05, 0) is 17.7 Å². The fraction of sp³-hybridized carbons (Fsp3) is 0.143. The second-order valence-corrected chi connectivity index (χ2v) is 8.16. The lowest BCUT2D eigenvalue weighted by Gasteiger charge is -2.04. The predicted octanol–water partition coefficient (Wildman–Crippen LogP) is 2.45. The van der Waals surface area contributed by atoms with Crippen molar-refractivity contribution in [2.24, 2.45) is 0 Å². The van der Waals surface area contributed by atoms with Gasteiger partial charge in [0.2, 0.25) is 0 Å². The van der Waals surface area contributed by atoms with Gasteiger partial charge in [0.15, 0.2) is 9.84 Å². The molecule has 1 aromatic rings. The zero-order valence-corrected chi connectivity index (χ0v) is 13.9. The Morgan fingerprint density at radius 1 is 1.29 bits per heavy atom. The minimum Gasteiger partial charge on any atom is -0.296 e. The van der Waals surface area contributed by atoms with Crippen LogP contribution in [0.1, 0.15) is 5.56 Å². The normalized spacial score (nSPS) is 18.7. The number of rotatable bonds is 3. The highest BCUT2D eigenvalue weighted by Gasteiger charge is 2.29. The number of sulfone groups is 1. The highest BCUT2D eigenvalue weighted by molar-refractivity contribution is 8.26. The van der Waals surface area contributed by atoms with Crippen molar-refractivity contribution in [3.8, 4) is 0 Å². The van der Waals surface area contributed by atoms with Crippen LogP contribution >= 0.6 is 24.0 Å². The van der Waals surface area contributed by atoms with E-state index in [9.17, 15) is 13.2 Å². The van der Waals surface area contributed by atoms with Crippen LogP contribution in [0, 0.1) is 0 Å². The minimum absolute atomic E-state index is 0.0858. The third kappa shape index (κ3) is 3.81. The van der Waals surface area contributed by atoms with Crippen molar-refractivity contribution >= 4 is 50.1 Å². The Labute approximate surface area is 133 Å². The largest absolute Gasteiger partial charge is 0.296 e. The monoisotopic (exact) mass is 339 g/mol. The molecule has 1 aliphatic heterocycles. The number of nitrogens with zero attached hydrogens (tertiary/aromatic N) is 1. The van der Waals surface area contributed by atoms with E-state index >= 15 is 0 Å². The van der Waals surface area contributed by atoms with Crippen LogP contribution in [0.2, 0.25) is 0 Å². The average molecular weight is 339 g/mol. The topological polar surface area (TPSA) is 54.5 Å². The van der Waals surface area contributed by atoms with Crippen molar-refractivity contribution in [3.05, 3.63) is 51.8 Å². The number of carbonyl (C=O) groups is 1. The Kier molecular flexibility index (Phi) is 4.65. The first kappa shape index (κ1) is 15.9. The summed E-state index contributed by atoms with van der Waals surface area (Å²) in [6, 6.07) is 9.07. The Hall–Kier alpha value is -1.44. The van der Waals surface area contributed by atoms with Gasteiger partial charge in [0.05, 0.1) is 9.81 Å². The summed E-state index contributed by atoms with van der Waals surface area (Å²) < 4.78 is 24.2. The van der Waals surface area contributed by atoms with Gasteiger partial charge in [-0.15, -0.1) is 0 Å². The summed E-state index contributed by atoms with van der Waals surface area (Å²) in [5, 5.41) is 0. The van der Waals surface area contributed by atoms with Gasteiger partial charge < -0.3 is 0 Å². The summed E-state index contributed by atoms with van der Waals surface area (Å²) in [6.07, 6.45) is 4.04. The summed E-state index contributed by atoms with van der Waals surface area (Å²) in [5.41, 5.74) is 0.751. The molecule has 110 valence electrons. The Balaban J connectivity index is 2.47. The van der Waals surface area contributed by atoms with Crippen molar-refractivity contribution in [1.82, 2.24) is 4.90 Å². The summed E-state index contributed by atoms with van der Waals surface area (Å²) in [6.45, 7) is 0. The number of thiocarbonyl (C=S) groups is 1. The van der Waals surface area contributed by atoms with Crippen LogP contribution in [0.5, 0.6) is 0 Å². The number of thioether (sulfide) groups is 1. The number of hydrogen-bond donors (Lipinski definition) is 0. The number of carbonyl (C=O) groups excluding carboxylic acids is 1. The van der Waals surface area contributed by atoms with Crippen LogP contribution in [-0.2, 0) is 14.6 Å². The number of hydrogen-bond acceptors (Lipinski definition) is 5. The minimum atomic E-state index is -3.45. The molecule has 7 heteroatoms. The van der Waals surface area contributed by atoms with Crippen molar-refractivity contribution in [3.63, 3.8) is 0 Å². The van der Waals surface area contributed by atoms with E-state index in [0.29, 0.717) is 9.23 Å². The maximum Gasteiger partial charge on any atom is 0.265 e. The quantitative estimate of drug-likeness (QED) is 0.625. The lowest BCUT2D eigenvalue weighted by molar-refractivity contribution is -0.121. The molecule has 21 heavy (non-hydrogen) atoms. The molecule has 4 nitrogen and oxygen atoms in total. The van der Waals surface area contributed by atoms with Crippen molar-refractivity contribution in [2.75, 3.05) is 13.3 Å². The van der Waals surface area contributed by atoms with Gasteiger partial charge in [-0.2, -0.15) is 0 Å². The molecule has 1 aromatic carbocycles. The molecule has 0 spiro atoms. The number of allylic oxidation sites excluding steroid dienone is 1. The molecule has 0 saturated carbocycles. The van der Waals surface area contributed by atoms with Crippen LogP contribution in [0.15, 0.2) is 46.2 Å². The molecule has 2 rings (SSSR count). The SMILES string of the molecule is CN1C(=O)/C(=C/C(=C\c2ccccc2)S(C)(=O)=O)SC1=S. The molecule has 0 aliphatic carbocycles. The number of amides is 1. The molecule has 1 aliphatic rings. The zero-order valence-electron chi connectivity index (χ0n) is 11.4. The van der Waals surface area contributed by atoms with Crippen molar-refractivity contribution < 1.29 is 13.2 Å². The smallest absolute Gasteiger partial charge is 0.265 e. The van der Waals surface area contributed by atoms with E-state index in [1.54, 1.807) is 19.2 Å². The lowest BCUT2D eigenvalue weighted by Crippen LogP contribution is -2.22. The molecule has 0 aromatic heterocycles. The zero-order chi connectivity index (χ0) is 15.6. The first-order valence-electron chi connectivity index (χ1n) is 5.97. The standard InChI is InChI=1S/C14H13NO3S3/c1-15-13(16)12(20-14(15)19)9-11(21(2,17)18)8-10-6-4-3-5-7-10/h3-9H,1-2H3/b11-8+,12-9-. The summed E-state index contributed by atoms with van der Waals surface area (Å²) in [5.74, 6) is -0.285. The van der Waals surface area contributed by atoms with Crippen molar-refractivity contribution in [1.29, 1.82) is 0 Å². The van der Waals surface area contributed by atoms with E-state index in [1.807, 2.05) is 18.2 Å². The van der Waals surface area contributed by atoms with Gasteiger partial charge in [-0.1, -0.05) is 54.3 Å². The molecule has 0 N–H and O–H groups in total. The van der Waals surface area contributed by atoms with E-state index in [-0.39, 0.29) is 10.8 Å². The second kappa shape index (κ2) is 6.13. The van der Waals surface area contributed by atoms with Crippen LogP contribution < -0.4 is 0 Å². The van der Waals surface area contributed by atoms with Gasteiger partial charge in [-0.3, -0.25) is 9.69 Å².